The first-order chi connectivity index (χ1) is 32.2. The average Bonchev–Trinajstić information content (AvgIpc) is 3.93. The number of nitrogens with zero attached hydrogens (tertiary/aromatic N) is 5. The maximum atomic E-state index is 14.8. The van der Waals surface area contributed by atoms with Gasteiger partial charge in [-0.25, -0.2) is 14.6 Å². The number of aromatic nitrogens is 3. The molecule has 372 valence electrons. The van der Waals surface area contributed by atoms with Crippen LogP contribution in [0.25, 0.3) is 11.3 Å². The van der Waals surface area contributed by atoms with Crippen LogP contribution in [-0.2, 0) is 48.3 Å². The predicted molar refractivity (Wildman–Crippen MR) is 253 cm³/mol. The lowest BCUT2D eigenvalue weighted by Gasteiger charge is -2.47. The number of Topliss-reactive ketones (excluding diaryl/α,β-unsaturated/α-hetero) is 2. The van der Waals surface area contributed by atoms with Gasteiger partial charge in [0.25, 0.3) is 0 Å². The molecule has 5 heterocycles. The molecule has 12 atom stereocenters. The molecule has 16 nitrogen and oxygen atoms in total. The third-order valence-corrected chi connectivity index (χ3v) is 14.8. The first-order valence-corrected chi connectivity index (χ1v) is 24.2. The number of amides is 1. The van der Waals surface area contributed by atoms with Gasteiger partial charge in [0.2, 0.25) is 0 Å². The number of hydrogen-bond acceptors (Lipinski definition) is 14. The van der Waals surface area contributed by atoms with Gasteiger partial charge in [0, 0.05) is 61.6 Å². The molecule has 3 aliphatic heterocycles. The Hall–Kier alpha value is -5.03. The zero-order chi connectivity index (χ0) is 49.7. The van der Waals surface area contributed by atoms with Gasteiger partial charge in [-0.3, -0.25) is 19.4 Å². The van der Waals surface area contributed by atoms with E-state index in [2.05, 4.69) is 28.4 Å². The maximum Gasteiger partial charge on any atom is 0.410 e. The summed E-state index contributed by atoms with van der Waals surface area (Å²) in [6.07, 6.45) is 4.37. The van der Waals surface area contributed by atoms with Crippen molar-refractivity contribution in [2.75, 3.05) is 27.7 Å². The van der Waals surface area contributed by atoms with Gasteiger partial charge in [0.15, 0.2) is 23.8 Å². The minimum Gasteiger partial charge on any atom is -0.457 e. The molecule has 3 saturated heterocycles. The lowest BCUT2D eigenvalue weighted by atomic mass is 9.75. The fourth-order valence-electron chi connectivity index (χ4n) is 10.5. The molecule has 6 rings (SSSR count). The van der Waals surface area contributed by atoms with Gasteiger partial charge in [-0.05, 0) is 112 Å². The molecule has 1 unspecified atom stereocenters. The molecule has 0 spiro atoms. The Bertz CT molecular complexity index is 2220. The second-order valence-electron chi connectivity index (χ2n) is 20.1. The molecular weight excluding hydrogens is 871 g/mol. The summed E-state index contributed by atoms with van der Waals surface area (Å²) in [7, 11) is 5.27. The number of benzene rings is 1. The fraction of sp³-hybridized carbons (Fsp3) is 0.635. The normalized spacial score (nSPS) is 32.0. The number of rotatable bonds is 14. The van der Waals surface area contributed by atoms with Gasteiger partial charge >= 0.3 is 18.0 Å². The molecule has 0 bridgehead atoms. The highest BCUT2D eigenvalue weighted by Gasteiger charge is 2.60. The molecule has 0 aliphatic carbocycles. The minimum atomic E-state index is -1.38. The second kappa shape index (κ2) is 21.7. The maximum absolute atomic E-state index is 14.8. The van der Waals surface area contributed by atoms with Crippen LogP contribution in [0.2, 0.25) is 0 Å². The van der Waals surface area contributed by atoms with Gasteiger partial charge < -0.3 is 42.8 Å². The van der Waals surface area contributed by atoms with Crippen molar-refractivity contribution in [3.8, 4) is 11.3 Å². The molecule has 2 aromatic heterocycles. The first-order valence-electron chi connectivity index (χ1n) is 24.2. The molecule has 16 heteroatoms. The average molecular weight is 944 g/mol. The van der Waals surface area contributed by atoms with Crippen LogP contribution in [0.1, 0.15) is 118 Å². The number of pyridine rings is 1. The number of ether oxygens (including phenoxy) is 6. The molecule has 3 fully saturated rings. The summed E-state index contributed by atoms with van der Waals surface area (Å²) >= 11 is 0. The number of hydrogen-bond donors (Lipinski definition) is 0. The van der Waals surface area contributed by atoms with E-state index in [1.807, 2.05) is 71.1 Å². The number of cyclic esters (lactones) is 1. The van der Waals surface area contributed by atoms with Gasteiger partial charge in [-0.15, -0.1) is 0 Å². The van der Waals surface area contributed by atoms with E-state index < -0.39 is 89.0 Å². The van der Waals surface area contributed by atoms with Crippen LogP contribution in [-0.4, -0.2) is 136 Å². The highest BCUT2D eigenvalue weighted by Crippen LogP contribution is 2.44. The lowest BCUT2D eigenvalue weighted by molar-refractivity contribution is -0.294. The summed E-state index contributed by atoms with van der Waals surface area (Å²) in [4.78, 5) is 84.1. The summed E-state index contributed by atoms with van der Waals surface area (Å²) in [5.74, 6) is -4.98. The van der Waals surface area contributed by atoms with Crippen molar-refractivity contribution in [3.63, 3.8) is 0 Å². The summed E-state index contributed by atoms with van der Waals surface area (Å²) in [5, 5.41) is 0. The van der Waals surface area contributed by atoms with Crippen LogP contribution in [0.3, 0.4) is 0 Å². The van der Waals surface area contributed by atoms with Crippen molar-refractivity contribution in [1.29, 1.82) is 0 Å². The zero-order valence-corrected chi connectivity index (χ0v) is 42.0. The van der Waals surface area contributed by atoms with Crippen LogP contribution < -0.4 is 0 Å². The number of carbonyl (C=O) groups excluding carboxylic acids is 5. The molecule has 0 N–H and O–H groups in total. The smallest absolute Gasteiger partial charge is 0.410 e. The highest BCUT2D eigenvalue weighted by molar-refractivity contribution is 6.00. The summed E-state index contributed by atoms with van der Waals surface area (Å²) in [6, 6.07) is 11.3. The second-order valence-corrected chi connectivity index (χ2v) is 20.1. The van der Waals surface area contributed by atoms with Crippen LogP contribution in [0.5, 0.6) is 0 Å². The SMILES string of the molecule is CC[C@H]1OC(=O)[C@H](C)C(=O)[C@H](C)[C@@H](OC2O[C@H](C)C[C@H](N(C)C)[C@H]2OC(=O)c2ccccc2)[C@](C)(OC)C[C@@H](C)C(=O)C[C@H]2N(CCCC(C)(C)n3cnc(-c4cccnc4)c3)C(=O)O[C@]12CC. The van der Waals surface area contributed by atoms with Gasteiger partial charge in [0.05, 0.1) is 47.5 Å². The summed E-state index contributed by atoms with van der Waals surface area (Å²) in [5.41, 5.74) is -1.06. The summed E-state index contributed by atoms with van der Waals surface area (Å²) in [6.45, 7) is 16.8. The Kier molecular flexibility index (Phi) is 16.7. The van der Waals surface area contributed by atoms with Gasteiger partial charge in [-0.1, -0.05) is 45.9 Å². The Balaban J connectivity index is 1.31. The Morgan fingerprint density at radius 2 is 1.74 bits per heavy atom. The van der Waals surface area contributed by atoms with E-state index in [9.17, 15) is 24.0 Å². The predicted octanol–water partition coefficient (Wildman–Crippen LogP) is 7.67. The van der Waals surface area contributed by atoms with Crippen molar-refractivity contribution in [1.82, 2.24) is 24.3 Å². The molecule has 3 aliphatic rings. The molecule has 0 radical (unpaired) electrons. The van der Waals surface area contributed by atoms with Gasteiger partial charge in [0.1, 0.15) is 17.8 Å². The number of fused-ring (bicyclic) bond motifs is 1. The van der Waals surface area contributed by atoms with Gasteiger partial charge in [-0.2, -0.15) is 0 Å². The Morgan fingerprint density at radius 3 is 2.37 bits per heavy atom. The number of carbonyl (C=O) groups is 5. The van der Waals surface area contributed by atoms with Crippen molar-refractivity contribution in [2.24, 2.45) is 17.8 Å². The largest absolute Gasteiger partial charge is 0.457 e. The van der Waals surface area contributed by atoms with E-state index in [0.717, 1.165) is 11.3 Å². The number of likely N-dealkylation sites (N-methyl/N-ethyl adjacent to an activating group) is 1. The van der Waals surface area contributed by atoms with Crippen molar-refractivity contribution < 1.29 is 52.4 Å². The minimum absolute atomic E-state index is 0.0885. The number of methoxy groups -OCH3 is 1. The zero-order valence-electron chi connectivity index (χ0n) is 42.0. The highest BCUT2D eigenvalue weighted by atomic mass is 16.7. The summed E-state index contributed by atoms with van der Waals surface area (Å²) < 4.78 is 40.6. The van der Waals surface area contributed by atoms with E-state index in [1.54, 1.807) is 61.7 Å². The van der Waals surface area contributed by atoms with Crippen molar-refractivity contribution >= 4 is 29.6 Å². The van der Waals surface area contributed by atoms with E-state index in [4.69, 9.17) is 28.4 Å². The molecule has 1 aromatic carbocycles. The number of imidazole rings is 1. The molecule has 0 saturated carbocycles. The number of ketones is 2. The van der Waals surface area contributed by atoms with E-state index in [1.165, 1.54) is 14.0 Å². The lowest BCUT2D eigenvalue weighted by Crippen LogP contribution is -2.60. The standard InChI is InChI=1S/C52H73N5O11/c1-13-42-52(14-2)41(57(49(62)68-52)25-19-23-50(7,8)56-30-38(54-31-56)37-22-18-24-53-29-37)27-40(58)32(3)28-51(9,63-12)45(34(5)43(59)35(6)46(60)65-42)67-48-44(39(55(10)11)26-33(4)64-48)66-47(61)36-20-16-15-17-21-36/h15-18,20-22,24,29-35,39,41-42,44-45,48H,13-14,19,23,25-28H2,1-12H3/t32-,33-,34+,35-,39+,41-,42-,44-,45-,48?,51-,52+/m1/s1. The molecule has 1 amide bonds. The van der Waals surface area contributed by atoms with E-state index in [0.29, 0.717) is 24.8 Å². The van der Waals surface area contributed by atoms with E-state index >= 15 is 0 Å². The van der Waals surface area contributed by atoms with Crippen LogP contribution in [0.4, 0.5) is 4.79 Å². The third kappa shape index (κ3) is 11.0. The van der Waals surface area contributed by atoms with Crippen molar-refractivity contribution in [3.05, 3.63) is 72.9 Å². The quantitative estimate of drug-likeness (QED) is 0.0874. The molecule has 3 aromatic rings. The molecule has 68 heavy (non-hydrogen) atoms. The van der Waals surface area contributed by atoms with Crippen LogP contribution in [0.15, 0.2) is 67.4 Å². The fourth-order valence-corrected chi connectivity index (χ4v) is 10.5. The first kappa shape index (κ1) is 52.3. The van der Waals surface area contributed by atoms with Crippen LogP contribution in [0, 0.1) is 17.8 Å². The van der Waals surface area contributed by atoms with Crippen LogP contribution >= 0.6 is 0 Å². The Labute approximate surface area is 401 Å². The van der Waals surface area contributed by atoms with Crippen molar-refractivity contribution in [2.45, 2.75) is 167 Å². The topological polar surface area (TPSA) is 178 Å². The monoisotopic (exact) mass is 944 g/mol. The number of esters is 2. The Morgan fingerprint density at radius 1 is 1.01 bits per heavy atom. The molecular formula is C52H73N5O11. The van der Waals surface area contributed by atoms with E-state index in [-0.39, 0.29) is 50.2 Å². The third-order valence-electron chi connectivity index (χ3n) is 14.8.